The van der Waals surface area contributed by atoms with Gasteiger partial charge < -0.3 is 83.0 Å². The van der Waals surface area contributed by atoms with Crippen molar-refractivity contribution in [3.05, 3.63) is 144 Å². The molecule has 0 atom stereocenters. The highest BCUT2D eigenvalue weighted by Crippen LogP contribution is 2.32. The molecule has 0 unspecified atom stereocenters. The Morgan fingerprint density at radius 3 is 1.49 bits per heavy atom. The Bertz CT molecular complexity index is 3910. The molecular formula is C74H99N11O22S2. The van der Waals surface area contributed by atoms with Crippen LogP contribution in [-0.2, 0) is 92.7 Å². The van der Waals surface area contributed by atoms with Gasteiger partial charge in [-0.3, -0.25) is 24.2 Å². The Morgan fingerprint density at radius 1 is 0.541 bits per heavy atom. The molecule has 1 spiro atoms. The fraction of sp³-hybridized carbons (Fsp3) is 0.514. The largest absolute Gasteiger partial charge is 0.379 e. The number of nitrogens with zero attached hydrogens (tertiary/aromatic N) is 7. The highest BCUT2D eigenvalue weighted by atomic mass is 32.2. The van der Waals surface area contributed by atoms with Crippen LogP contribution < -0.4 is 26.2 Å². The summed E-state index contributed by atoms with van der Waals surface area (Å²) in [6, 6.07) is 24.2. The van der Waals surface area contributed by atoms with E-state index in [2.05, 4.69) is 41.5 Å². The van der Waals surface area contributed by atoms with E-state index >= 15 is 0 Å². The van der Waals surface area contributed by atoms with E-state index in [1.54, 1.807) is 52.2 Å². The van der Waals surface area contributed by atoms with Crippen LogP contribution in [0.25, 0.3) is 11.3 Å². The fourth-order valence-electron chi connectivity index (χ4n) is 11.0. The fourth-order valence-corrected chi connectivity index (χ4v) is 14.2. The van der Waals surface area contributed by atoms with Crippen LogP contribution in [0.4, 0.5) is 21.1 Å². The lowest BCUT2D eigenvalue weighted by Crippen LogP contribution is -2.56. The average molecular weight is 1560 g/mol. The maximum absolute atomic E-state index is 13.9. The monoisotopic (exact) mass is 1560 g/mol. The summed E-state index contributed by atoms with van der Waals surface area (Å²) >= 11 is 0. The number of sulfone groups is 2. The lowest BCUT2D eigenvalue weighted by molar-refractivity contribution is -0.124. The molecule has 2 saturated heterocycles. The maximum Gasteiger partial charge on any atom is 0.330 e. The molecule has 35 heteroatoms. The lowest BCUT2D eigenvalue weighted by atomic mass is 9.87. The van der Waals surface area contributed by atoms with Crippen LogP contribution in [0.15, 0.2) is 132 Å². The maximum atomic E-state index is 13.9. The van der Waals surface area contributed by atoms with E-state index in [1.165, 1.54) is 67.1 Å². The minimum absolute atomic E-state index is 0.0182. The first-order valence-electron chi connectivity index (χ1n) is 36.1. The SMILES string of the molecule is Cc1ccc(S(=O)(=O)CC(CS(=O)(=O)c2ccc(C)cc2)C(=O)c2ccc(C(=O)NCCOCCOCCOCCOCCOCCOCCOCCOCCC(=O)NCCOCCOCCOCCOCCn3cc(-c4cccc(NC(=O)N5CCC6(CC5)NC(=O)N(c5cnccn5)C6=O)c4)nn3)cc2)cc1. The molecule has 2 fully saturated rings. The van der Waals surface area contributed by atoms with Crippen molar-refractivity contribution < 1.29 is 102 Å². The third-order valence-corrected chi connectivity index (χ3v) is 20.6. The molecular weight excluding hydrogens is 1460 g/mol. The van der Waals surface area contributed by atoms with Crippen LogP contribution >= 0.6 is 0 Å². The summed E-state index contributed by atoms with van der Waals surface area (Å²) in [5.74, 6) is -4.37. The summed E-state index contributed by atoms with van der Waals surface area (Å²) in [6.07, 6.45) is 6.75. The first kappa shape index (κ1) is 85.9. The second-order valence-corrected chi connectivity index (χ2v) is 29.2. The topological polar surface area (TPSA) is 393 Å². The number of imide groups is 1. The molecule has 0 radical (unpaired) electrons. The number of likely N-dealkylation sites (tertiary alicyclic amines) is 1. The number of Topliss-reactive ketones (excluding diaryl/α,β-unsaturated/α-hetero) is 1. The standard InChI is InChI=1S/C74H99N11O22S2/c1-57-6-14-64(15-7-57)108(92,93)55-62(56-109(94,95)65-16-8-58(2)9-17-65)69(87)59-10-12-60(13-11-59)70(88)78-24-30-98-34-38-102-42-45-105-47-49-107-51-50-106-48-46-104-44-40-100-36-32-96-28-18-68(86)77-23-29-97-33-37-101-41-43-103-39-35-99-31-27-84-54-66(81-82-84)61-4-3-5-63(52-61)79-72(90)83-25-19-74(20-26-83)71(89)85(73(91)80-74)67-53-75-21-22-76-67/h3-17,21-22,52-54,62H,18-20,23-51,55-56H2,1-2H3,(H,77,86)(H,78,88)(H,79,90)(H,80,91). The second kappa shape index (κ2) is 46.8. The Kier molecular flexibility index (Phi) is 36.9. The number of carbonyl (C=O) groups excluding carboxylic acids is 6. The van der Waals surface area contributed by atoms with Gasteiger partial charge in [0.15, 0.2) is 31.3 Å². The number of aromatic nitrogens is 5. The minimum Gasteiger partial charge on any atom is -0.379 e. The van der Waals surface area contributed by atoms with E-state index in [0.29, 0.717) is 170 Å². The molecule has 2 aliphatic rings. The summed E-state index contributed by atoms with van der Waals surface area (Å²) in [5, 5.41) is 19.8. The molecule has 0 saturated carbocycles. The van der Waals surface area contributed by atoms with Gasteiger partial charge in [-0.15, -0.1) is 5.10 Å². The van der Waals surface area contributed by atoms with E-state index in [9.17, 15) is 45.6 Å². The number of ether oxygens (including phenoxy) is 12. The normalized spacial score (nSPS) is 13.7. The molecule has 7 amide bonds. The van der Waals surface area contributed by atoms with Crippen LogP contribution in [0.5, 0.6) is 0 Å². The van der Waals surface area contributed by atoms with Gasteiger partial charge in [0, 0.05) is 67.4 Å². The van der Waals surface area contributed by atoms with Gasteiger partial charge in [-0.1, -0.05) is 64.9 Å². The summed E-state index contributed by atoms with van der Waals surface area (Å²) in [6.45, 7) is 14.0. The number of urea groups is 2. The van der Waals surface area contributed by atoms with E-state index in [-0.39, 0.29) is 90.8 Å². The van der Waals surface area contributed by atoms with Crippen LogP contribution in [0, 0.1) is 19.8 Å². The number of hydrogen-bond acceptors (Lipinski definition) is 26. The number of rotatable bonds is 54. The number of ketones is 1. The molecule has 6 aromatic rings. The molecule has 4 N–H and O–H groups in total. The van der Waals surface area contributed by atoms with Crippen molar-refractivity contribution in [3.8, 4) is 11.3 Å². The van der Waals surface area contributed by atoms with E-state index in [1.807, 2.05) is 26.0 Å². The van der Waals surface area contributed by atoms with Gasteiger partial charge in [-0.25, -0.2) is 41.0 Å². The Labute approximate surface area is 634 Å². The van der Waals surface area contributed by atoms with Crippen LogP contribution in [0.2, 0.25) is 0 Å². The number of carbonyl (C=O) groups is 6. The van der Waals surface area contributed by atoms with Crippen molar-refractivity contribution in [3.63, 3.8) is 0 Å². The molecule has 8 rings (SSSR count). The Morgan fingerprint density at radius 2 is 1.00 bits per heavy atom. The third-order valence-electron chi connectivity index (χ3n) is 17.0. The number of benzene rings is 4. The molecule has 33 nitrogen and oxygen atoms in total. The van der Waals surface area contributed by atoms with Crippen molar-refractivity contribution in [2.45, 2.75) is 55.0 Å². The van der Waals surface area contributed by atoms with E-state index in [0.717, 1.165) is 21.6 Å². The second-order valence-electron chi connectivity index (χ2n) is 25.1. The minimum atomic E-state index is -4.06. The van der Waals surface area contributed by atoms with Gasteiger partial charge in [0.25, 0.3) is 11.8 Å². The van der Waals surface area contributed by atoms with E-state index in [4.69, 9.17) is 56.8 Å². The zero-order valence-corrected chi connectivity index (χ0v) is 63.2. The van der Waals surface area contributed by atoms with Crippen LogP contribution in [0.3, 0.4) is 0 Å². The quantitative estimate of drug-likeness (QED) is 0.0234. The molecule has 2 aromatic heterocycles. The number of amides is 7. The predicted octanol–water partition coefficient (Wildman–Crippen LogP) is 4.36. The smallest absolute Gasteiger partial charge is 0.330 e. The molecule has 4 aromatic carbocycles. The number of piperidine rings is 1. The number of aryl methyl sites for hydroxylation is 2. The van der Waals surface area contributed by atoms with Gasteiger partial charge in [-0.05, 0) is 75.2 Å². The van der Waals surface area contributed by atoms with Gasteiger partial charge in [0.05, 0.1) is 205 Å². The summed E-state index contributed by atoms with van der Waals surface area (Å²) in [5.41, 5.74) is 2.83. The average Bonchev–Trinajstić information content (AvgIpc) is 1.61. The van der Waals surface area contributed by atoms with Crippen molar-refractivity contribution >= 4 is 66.7 Å². The first-order valence-corrected chi connectivity index (χ1v) is 39.4. The summed E-state index contributed by atoms with van der Waals surface area (Å²) < 4.78 is 122. The summed E-state index contributed by atoms with van der Waals surface area (Å²) in [7, 11) is -8.12. The van der Waals surface area contributed by atoms with Crippen molar-refractivity contribution in [2.75, 3.05) is 206 Å². The molecule has 109 heavy (non-hydrogen) atoms. The van der Waals surface area contributed by atoms with E-state index < -0.39 is 66.3 Å². The van der Waals surface area contributed by atoms with Crippen LogP contribution in [0.1, 0.15) is 51.1 Å². The number of hydrogen-bond donors (Lipinski definition) is 4. The lowest BCUT2D eigenvalue weighted by Gasteiger charge is -2.37. The molecule has 4 heterocycles. The number of anilines is 2. The van der Waals surface area contributed by atoms with Crippen molar-refractivity contribution in [2.24, 2.45) is 5.92 Å². The van der Waals surface area contributed by atoms with Gasteiger partial charge in [0.1, 0.15) is 11.2 Å². The third kappa shape index (κ3) is 29.9. The zero-order valence-electron chi connectivity index (χ0n) is 61.6. The summed E-state index contributed by atoms with van der Waals surface area (Å²) in [4.78, 5) is 88.8. The van der Waals surface area contributed by atoms with Gasteiger partial charge in [0.2, 0.25) is 5.91 Å². The predicted molar refractivity (Wildman–Crippen MR) is 397 cm³/mol. The molecule has 2 aliphatic heterocycles. The van der Waals surface area contributed by atoms with Crippen molar-refractivity contribution in [1.82, 2.24) is 45.8 Å². The molecule has 0 bridgehead atoms. The van der Waals surface area contributed by atoms with Crippen molar-refractivity contribution in [1.29, 1.82) is 0 Å². The van der Waals surface area contributed by atoms with Crippen LogP contribution in [-0.4, -0.2) is 284 Å². The van der Waals surface area contributed by atoms with Gasteiger partial charge >= 0.3 is 12.1 Å². The van der Waals surface area contributed by atoms with Gasteiger partial charge in [-0.2, -0.15) is 0 Å². The molecule has 0 aliphatic carbocycles. The zero-order chi connectivity index (χ0) is 77.4. The molecule has 594 valence electrons. The highest BCUT2D eigenvalue weighted by molar-refractivity contribution is 7.92. The Balaban J connectivity index is 0.509. The Hall–Kier alpha value is -8.66. The number of nitrogens with one attached hydrogen (secondary N) is 4. The first-order chi connectivity index (χ1) is 52.9. The highest BCUT2D eigenvalue weighted by Gasteiger charge is 2.54.